The molecule has 0 aromatic rings. The highest BCUT2D eigenvalue weighted by atomic mass is 79.9. The highest BCUT2D eigenvalue weighted by Gasteiger charge is 2.16. The lowest BCUT2D eigenvalue weighted by Gasteiger charge is -1.98. The molecule has 1 nitrogen and oxygen atoms in total. The summed E-state index contributed by atoms with van der Waals surface area (Å²) >= 11 is 3.27. The molecule has 0 aliphatic carbocycles. The molecular weight excluding hydrogens is 180 g/mol. The Hall–Kier alpha value is -0.0800. The first-order valence-corrected chi connectivity index (χ1v) is 3.79. The molecule has 0 N–H and O–H groups in total. The second kappa shape index (κ2) is 3.18. The van der Waals surface area contributed by atoms with Gasteiger partial charge in [0.25, 0.3) is 0 Å². The first-order chi connectivity index (χ1) is 4.38. The van der Waals surface area contributed by atoms with Crippen molar-refractivity contribution in [3.63, 3.8) is 0 Å². The minimum absolute atomic E-state index is 0.435. The van der Waals surface area contributed by atoms with Crippen molar-refractivity contribution < 1.29 is 4.74 Å². The maximum Gasteiger partial charge on any atom is 0.0691 e. The van der Waals surface area contributed by atoms with E-state index in [4.69, 9.17) is 4.74 Å². The summed E-state index contributed by atoms with van der Waals surface area (Å²) in [5.74, 6) is 0.435. The summed E-state index contributed by atoms with van der Waals surface area (Å²) in [5, 5.41) is 0. The molecule has 0 radical (unpaired) electrons. The van der Waals surface area contributed by atoms with E-state index in [0.29, 0.717) is 5.92 Å². The van der Waals surface area contributed by atoms with E-state index in [-0.39, 0.29) is 0 Å². The number of halogens is 1. The highest BCUT2D eigenvalue weighted by Crippen LogP contribution is 2.21. The van der Waals surface area contributed by atoms with Crippen LogP contribution in [0.3, 0.4) is 0 Å². The van der Waals surface area contributed by atoms with Gasteiger partial charge in [0.05, 0.1) is 13.2 Å². The van der Waals surface area contributed by atoms with Crippen LogP contribution < -0.4 is 0 Å². The molecule has 1 heterocycles. The van der Waals surface area contributed by atoms with Gasteiger partial charge < -0.3 is 4.74 Å². The first-order valence-electron chi connectivity index (χ1n) is 2.88. The first kappa shape index (κ1) is 7.03. The monoisotopic (exact) mass is 188 g/mol. The second-order valence-corrected chi connectivity index (χ2v) is 2.50. The lowest BCUT2D eigenvalue weighted by molar-refractivity contribution is 0.195. The van der Waals surface area contributed by atoms with Gasteiger partial charge in [0.2, 0.25) is 0 Å². The van der Waals surface area contributed by atoms with E-state index in [1.807, 2.05) is 11.1 Å². The molecule has 1 aliphatic rings. The van der Waals surface area contributed by atoms with E-state index in [0.717, 1.165) is 13.2 Å². The third kappa shape index (κ3) is 1.43. The van der Waals surface area contributed by atoms with Crippen LogP contribution in [0, 0.1) is 5.92 Å². The van der Waals surface area contributed by atoms with Gasteiger partial charge in [-0.3, -0.25) is 0 Å². The molecule has 0 saturated carbocycles. The summed E-state index contributed by atoms with van der Waals surface area (Å²) in [6, 6.07) is 0. The van der Waals surface area contributed by atoms with Crippen LogP contribution in [-0.4, -0.2) is 13.2 Å². The van der Waals surface area contributed by atoms with Crippen molar-refractivity contribution in [1.29, 1.82) is 0 Å². The van der Waals surface area contributed by atoms with Crippen molar-refractivity contribution in [3.05, 3.63) is 23.2 Å². The van der Waals surface area contributed by atoms with Crippen LogP contribution in [0.1, 0.15) is 0 Å². The number of hydrogen-bond acceptors (Lipinski definition) is 1. The molecule has 1 aliphatic heterocycles. The fourth-order valence-corrected chi connectivity index (χ4v) is 1.32. The average Bonchev–Trinajstić information content (AvgIpc) is 2.33. The minimum atomic E-state index is 0.435. The Labute approximate surface area is 63.5 Å². The Bertz CT molecular complexity index is 140. The molecule has 9 heavy (non-hydrogen) atoms. The number of hydrogen-bond donors (Lipinski definition) is 0. The van der Waals surface area contributed by atoms with Crippen molar-refractivity contribution >= 4 is 15.9 Å². The summed E-state index contributed by atoms with van der Waals surface area (Å²) in [6.07, 6.45) is 1.92. The van der Waals surface area contributed by atoms with Gasteiger partial charge in [0.1, 0.15) is 0 Å². The number of rotatable bonds is 1. The van der Waals surface area contributed by atoms with Gasteiger partial charge in [0, 0.05) is 5.92 Å². The SMILES string of the molecule is C=CC1COC/C1=C/Br. The zero-order valence-electron chi connectivity index (χ0n) is 5.14. The summed E-state index contributed by atoms with van der Waals surface area (Å²) < 4.78 is 5.18. The number of ether oxygens (including phenoxy) is 1. The maximum atomic E-state index is 5.18. The Morgan fingerprint density at radius 2 is 2.56 bits per heavy atom. The van der Waals surface area contributed by atoms with Gasteiger partial charge in [-0.25, -0.2) is 0 Å². The molecule has 1 unspecified atom stereocenters. The molecule has 0 amide bonds. The van der Waals surface area contributed by atoms with E-state index in [1.54, 1.807) is 0 Å². The van der Waals surface area contributed by atoms with Crippen molar-refractivity contribution in [2.24, 2.45) is 5.92 Å². The van der Waals surface area contributed by atoms with Crippen LogP contribution in [-0.2, 0) is 4.74 Å². The molecule has 1 fully saturated rings. The maximum absolute atomic E-state index is 5.18. The highest BCUT2D eigenvalue weighted by molar-refractivity contribution is 9.11. The molecule has 1 saturated heterocycles. The predicted octanol–water partition coefficient (Wildman–Crippen LogP) is 2.10. The van der Waals surface area contributed by atoms with Crippen LogP contribution in [0.25, 0.3) is 0 Å². The van der Waals surface area contributed by atoms with E-state index in [1.165, 1.54) is 5.57 Å². The average molecular weight is 189 g/mol. The van der Waals surface area contributed by atoms with Gasteiger partial charge in [0.15, 0.2) is 0 Å². The third-order valence-electron chi connectivity index (χ3n) is 1.47. The molecule has 0 spiro atoms. The van der Waals surface area contributed by atoms with E-state index in [2.05, 4.69) is 22.5 Å². The Balaban J connectivity index is 2.62. The van der Waals surface area contributed by atoms with Crippen LogP contribution in [0.2, 0.25) is 0 Å². The van der Waals surface area contributed by atoms with E-state index in [9.17, 15) is 0 Å². The normalized spacial score (nSPS) is 31.2. The summed E-state index contributed by atoms with van der Waals surface area (Å²) in [4.78, 5) is 1.92. The Morgan fingerprint density at radius 3 is 3.00 bits per heavy atom. The quantitative estimate of drug-likeness (QED) is 0.574. The van der Waals surface area contributed by atoms with Crippen LogP contribution in [0.15, 0.2) is 23.2 Å². The topological polar surface area (TPSA) is 9.23 Å². The van der Waals surface area contributed by atoms with Crippen molar-refractivity contribution in [2.45, 2.75) is 0 Å². The smallest absolute Gasteiger partial charge is 0.0691 e. The largest absolute Gasteiger partial charge is 0.376 e. The summed E-state index contributed by atoms with van der Waals surface area (Å²) in [6.45, 7) is 5.24. The summed E-state index contributed by atoms with van der Waals surface area (Å²) in [7, 11) is 0. The standard InChI is InChI=1S/C7H9BrO/c1-2-6-4-9-5-7(6)3-8/h2-3,6H,1,4-5H2/b7-3-. The molecule has 1 rings (SSSR count). The lowest BCUT2D eigenvalue weighted by Crippen LogP contribution is -1.94. The molecular formula is C7H9BrO. The van der Waals surface area contributed by atoms with Crippen molar-refractivity contribution in [2.75, 3.05) is 13.2 Å². The van der Waals surface area contributed by atoms with E-state index < -0.39 is 0 Å². The zero-order valence-corrected chi connectivity index (χ0v) is 6.73. The fraction of sp³-hybridized carbons (Fsp3) is 0.429. The van der Waals surface area contributed by atoms with Crippen molar-refractivity contribution in [1.82, 2.24) is 0 Å². The molecule has 0 aromatic heterocycles. The lowest BCUT2D eigenvalue weighted by atomic mass is 10.1. The molecule has 50 valence electrons. The molecule has 0 bridgehead atoms. The van der Waals surface area contributed by atoms with Crippen LogP contribution in [0.5, 0.6) is 0 Å². The van der Waals surface area contributed by atoms with Gasteiger partial charge in [-0.15, -0.1) is 6.58 Å². The Kier molecular flexibility index (Phi) is 2.49. The van der Waals surface area contributed by atoms with Crippen LogP contribution >= 0.6 is 15.9 Å². The Morgan fingerprint density at radius 1 is 1.78 bits per heavy atom. The second-order valence-electron chi connectivity index (χ2n) is 2.04. The molecule has 1 atom stereocenters. The molecule has 0 aromatic carbocycles. The third-order valence-corrected chi connectivity index (χ3v) is 2.06. The van der Waals surface area contributed by atoms with Crippen molar-refractivity contribution in [3.8, 4) is 0 Å². The minimum Gasteiger partial charge on any atom is -0.376 e. The fourth-order valence-electron chi connectivity index (χ4n) is 0.850. The zero-order chi connectivity index (χ0) is 6.69. The van der Waals surface area contributed by atoms with Crippen LogP contribution in [0.4, 0.5) is 0 Å². The summed E-state index contributed by atoms with van der Waals surface area (Å²) in [5.41, 5.74) is 1.28. The van der Waals surface area contributed by atoms with Gasteiger partial charge in [-0.2, -0.15) is 0 Å². The van der Waals surface area contributed by atoms with Gasteiger partial charge >= 0.3 is 0 Å². The van der Waals surface area contributed by atoms with Gasteiger partial charge in [-0.1, -0.05) is 22.0 Å². The van der Waals surface area contributed by atoms with Gasteiger partial charge in [-0.05, 0) is 10.6 Å². The van der Waals surface area contributed by atoms with E-state index >= 15 is 0 Å². The molecule has 2 heteroatoms. The predicted molar refractivity (Wildman–Crippen MR) is 41.5 cm³/mol.